The van der Waals surface area contributed by atoms with Crippen molar-refractivity contribution < 1.29 is 9.18 Å². The molecule has 2 aromatic carbocycles. The maximum absolute atomic E-state index is 13.2. The fraction of sp³-hybridized carbons (Fsp3) is 0.261. The van der Waals surface area contributed by atoms with Gasteiger partial charge in [0.1, 0.15) is 11.6 Å². The maximum atomic E-state index is 13.2. The summed E-state index contributed by atoms with van der Waals surface area (Å²) in [6.07, 6.45) is 0.935. The van der Waals surface area contributed by atoms with E-state index in [1.165, 1.54) is 35.4 Å². The Morgan fingerprint density at radius 3 is 2.48 bits per heavy atom. The number of halogens is 2. The fourth-order valence-corrected chi connectivity index (χ4v) is 3.79. The van der Waals surface area contributed by atoms with Gasteiger partial charge >= 0.3 is 0 Å². The van der Waals surface area contributed by atoms with Crippen LogP contribution in [-0.2, 0) is 6.42 Å². The molecular formula is C23H23ClFN3O. The Morgan fingerprint density at radius 1 is 1.07 bits per heavy atom. The summed E-state index contributed by atoms with van der Waals surface area (Å²) in [5.74, 6) is 0.268. The van der Waals surface area contributed by atoms with Crippen LogP contribution in [0.4, 0.5) is 10.2 Å². The van der Waals surface area contributed by atoms with Crippen molar-refractivity contribution >= 4 is 24.0 Å². The molecule has 1 atom stereocenters. The van der Waals surface area contributed by atoms with Crippen molar-refractivity contribution in [1.29, 1.82) is 0 Å². The van der Waals surface area contributed by atoms with Gasteiger partial charge in [-0.1, -0.05) is 24.3 Å². The van der Waals surface area contributed by atoms with E-state index in [0.29, 0.717) is 5.56 Å². The van der Waals surface area contributed by atoms with Crippen molar-refractivity contribution in [3.8, 4) is 0 Å². The van der Waals surface area contributed by atoms with E-state index < -0.39 is 0 Å². The highest BCUT2D eigenvalue weighted by atomic mass is 35.5. The van der Waals surface area contributed by atoms with Crippen LogP contribution in [0, 0.1) is 19.7 Å². The van der Waals surface area contributed by atoms with Crippen LogP contribution in [0.5, 0.6) is 0 Å². The van der Waals surface area contributed by atoms with Crippen molar-refractivity contribution in [2.24, 2.45) is 0 Å². The Morgan fingerprint density at radius 2 is 1.76 bits per heavy atom. The molecule has 0 fully saturated rings. The molecule has 1 aromatic heterocycles. The summed E-state index contributed by atoms with van der Waals surface area (Å²) in [6, 6.07) is 14.1. The largest absolute Gasteiger partial charge is 0.349 e. The number of ketones is 1. The van der Waals surface area contributed by atoms with Gasteiger partial charge in [0.25, 0.3) is 0 Å². The van der Waals surface area contributed by atoms with Crippen molar-refractivity contribution in [3.05, 3.63) is 88.1 Å². The third-order valence-electron chi connectivity index (χ3n) is 5.54. The second-order valence-corrected chi connectivity index (χ2v) is 7.24. The highest BCUT2D eigenvalue weighted by molar-refractivity contribution is 6.06. The third kappa shape index (κ3) is 3.87. The number of nitrogens with zero attached hydrogens (tertiary/aromatic N) is 3. The Labute approximate surface area is 176 Å². The average molecular weight is 412 g/mol. The zero-order valence-corrected chi connectivity index (χ0v) is 17.5. The molecule has 0 N–H and O–H groups in total. The second kappa shape index (κ2) is 8.29. The molecule has 1 aliphatic rings. The van der Waals surface area contributed by atoms with Crippen LogP contribution in [0.2, 0.25) is 0 Å². The van der Waals surface area contributed by atoms with Gasteiger partial charge in [0, 0.05) is 23.4 Å². The van der Waals surface area contributed by atoms with Crippen molar-refractivity contribution in [2.45, 2.75) is 33.2 Å². The first-order valence-corrected chi connectivity index (χ1v) is 9.45. The predicted molar refractivity (Wildman–Crippen MR) is 114 cm³/mol. The first-order chi connectivity index (χ1) is 13.5. The molecule has 0 spiro atoms. The molecule has 0 radical (unpaired) electrons. The van der Waals surface area contributed by atoms with E-state index in [4.69, 9.17) is 0 Å². The monoisotopic (exact) mass is 411 g/mol. The summed E-state index contributed by atoms with van der Waals surface area (Å²) in [4.78, 5) is 24.2. The lowest BCUT2D eigenvalue weighted by atomic mass is 9.93. The van der Waals surface area contributed by atoms with Gasteiger partial charge in [-0.25, -0.2) is 14.4 Å². The van der Waals surface area contributed by atoms with E-state index in [1.54, 1.807) is 0 Å². The van der Waals surface area contributed by atoms with Crippen molar-refractivity contribution in [1.82, 2.24) is 9.97 Å². The van der Waals surface area contributed by atoms with Gasteiger partial charge in [-0.05, 0) is 62.6 Å². The van der Waals surface area contributed by atoms with E-state index in [2.05, 4.69) is 46.1 Å². The number of hydrogen-bond acceptors (Lipinski definition) is 4. The molecule has 0 bridgehead atoms. The molecule has 0 saturated carbocycles. The molecular weight excluding hydrogens is 389 g/mol. The summed E-state index contributed by atoms with van der Waals surface area (Å²) in [7, 11) is 0. The standard InChI is InChI=1S/C23H22FN3O.ClH/c1-14-15(2)25-22(21(28)18-8-10-19(24)11-9-18)26-23(14)27-13-12-17-6-4-5-7-20(17)16(27)3;/h4-11,16H,12-13H2,1-3H3;1H. The molecule has 0 aliphatic carbocycles. The van der Waals surface area contributed by atoms with Crippen LogP contribution in [0.1, 0.15) is 51.5 Å². The summed E-state index contributed by atoms with van der Waals surface area (Å²) >= 11 is 0. The summed E-state index contributed by atoms with van der Waals surface area (Å²) in [5.41, 5.74) is 4.78. The van der Waals surface area contributed by atoms with Crippen LogP contribution in [0.15, 0.2) is 48.5 Å². The number of hydrogen-bond donors (Lipinski definition) is 0. The van der Waals surface area contributed by atoms with Crippen LogP contribution < -0.4 is 4.90 Å². The van der Waals surface area contributed by atoms with E-state index in [-0.39, 0.29) is 35.9 Å². The minimum Gasteiger partial charge on any atom is -0.349 e. The van der Waals surface area contributed by atoms with Gasteiger partial charge in [-0.3, -0.25) is 4.79 Å². The number of carbonyl (C=O) groups excluding carboxylic acids is 1. The molecule has 1 aliphatic heterocycles. The number of carbonyl (C=O) groups is 1. The normalized spacial score (nSPS) is 15.4. The molecule has 1 unspecified atom stereocenters. The van der Waals surface area contributed by atoms with Crippen molar-refractivity contribution in [2.75, 3.05) is 11.4 Å². The first kappa shape index (κ1) is 20.9. The molecule has 6 heteroatoms. The zero-order chi connectivity index (χ0) is 19.8. The molecule has 3 aromatic rings. The smallest absolute Gasteiger partial charge is 0.230 e. The van der Waals surface area contributed by atoms with Gasteiger partial charge in [-0.15, -0.1) is 12.4 Å². The Balaban J connectivity index is 0.00000240. The lowest BCUT2D eigenvalue weighted by Crippen LogP contribution is -2.35. The van der Waals surface area contributed by atoms with Crippen LogP contribution in [0.3, 0.4) is 0 Å². The maximum Gasteiger partial charge on any atom is 0.230 e. The highest BCUT2D eigenvalue weighted by Gasteiger charge is 2.27. The zero-order valence-electron chi connectivity index (χ0n) is 16.6. The lowest BCUT2D eigenvalue weighted by molar-refractivity contribution is 0.102. The summed E-state index contributed by atoms with van der Waals surface area (Å²) in [5, 5.41) is 0. The minimum atomic E-state index is -0.376. The Kier molecular flexibility index (Phi) is 5.99. The Hall–Kier alpha value is -2.79. The SMILES string of the molecule is Cc1nc(C(=O)c2ccc(F)cc2)nc(N2CCc3ccccc3C2C)c1C.Cl. The topological polar surface area (TPSA) is 46.1 Å². The molecule has 0 saturated heterocycles. The number of aryl methyl sites for hydroxylation is 1. The van der Waals surface area contributed by atoms with E-state index in [9.17, 15) is 9.18 Å². The van der Waals surface area contributed by atoms with Crippen LogP contribution in [0.25, 0.3) is 0 Å². The van der Waals surface area contributed by atoms with E-state index in [0.717, 1.165) is 30.0 Å². The third-order valence-corrected chi connectivity index (χ3v) is 5.54. The van der Waals surface area contributed by atoms with E-state index >= 15 is 0 Å². The average Bonchev–Trinajstić information content (AvgIpc) is 2.71. The number of aromatic nitrogens is 2. The van der Waals surface area contributed by atoms with Gasteiger partial charge in [-0.2, -0.15) is 0 Å². The molecule has 29 heavy (non-hydrogen) atoms. The van der Waals surface area contributed by atoms with Crippen molar-refractivity contribution in [3.63, 3.8) is 0 Å². The summed E-state index contributed by atoms with van der Waals surface area (Å²) in [6.45, 7) is 6.88. The summed E-state index contributed by atoms with van der Waals surface area (Å²) < 4.78 is 13.2. The predicted octanol–water partition coefficient (Wildman–Crippen LogP) is 5.01. The van der Waals surface area contributed by atoms with Gasteiger partial charge in [0.15, 0.2) is 0 Å². The minimum absolute atomic E-state index is 0. The van der Waals surface area contributed by atoms with Gasteiger partial charge in [0.05, 0.1) is 6.04 Å². The fourth-order valence-electron chi connectivity index (χ4n) is 3.79. The molecule has 4 nitrogen and oxygen atoms in total. The van der Waals surface area contributed by atoms with Crippen LogP contribution in [-0.4, -0.2) is 22.3 Å². The number of benzene rings is 2. The molecule has 2 heterocycles. The number of fused-ring (bicyclic) bond motifs is 1. The quantitative estimate of drug-likeness (QED) is 0.568. The first-order valence-electron chi connectivity index (χ1n) is 9.45. The number of anilines is 1. The van der Waals surface area contributed by atoms with Gasteiger partial charge < -0.3 is 4.90 Å². The molecule has 4 rings (SSSR count). The Bertz CT molecular complexity index is 1050. The van der Waals surface area contributed by atoms with E-state index in [1.807, 2.05) is 13.8 Å². The number of rotatable bonds is 3. The van der Waals surface area contributed by atoms with Crippen LogP contribution >= 0.6 is 12.4 Å². The lowest BCUT2D eigenvalue weighted by Gasteiger charge is -2.37. The second-order valence-electron chi connectivity index (χ2n) is 7.24. The molecule has 0 amide bonds. The highest BCUT2D eigenvalue weighted by Crippen LogP contribution is 2.34. The molecule has 150 valence electrons. The van der Waals surface area contributed by atoms with Gasteiger partial charge in [0.2, 0.25) is 11.6 Å².